The average Bonchev–Trinajstić information content (AvgIpc) is 3.30. The van der Waals surface area contributed by atoms with Gasteiger partial charge in [-0.3, -0.25) is 0 Å². The molecule has 0 aliphatic carbocycles. The highest BCUT2D eigenvalue weighted by Crippen LogP contribution is 2.34. The number of amides is 2. The molecule has 0 bridgehead atoms. The molecule has 2 amide bonds. The van der Waals surface area contributed by atoms with Gasteiger partial charge in [-0.1, -0.05) is 29.8 Å². The molecule has 2 aromatic carbocycles. The Morgan fingerprint density at radius 3 is 2.72 bits per heavy atom. The van der Waals surface area contributed by atoms with E-state index in [0.717, 1.165) is 68.9 Å². The molecule has 36 heavy (non-hydrogen) atoms. The van der Waals surface area contributed by atoms with Gasteiger partial charge in [0.15, 0.2) is 0 Å². The van der Waals surface area contributed by atoms with Gasteiger partial charge in [0.2, 0.25) is 0 Å². The number of hydrogen-bond donors (Lipinski definition) is 1. The first-order valence-electron chi connectivity index (χ1n) is 12.9. The van der Waals surface area contributed by atoms with Gasteiger partial charge in [0.25, 0.3) is 0 Å². The van der Waals surface area contributed by atoms with Crippen molar-refractivity contribution < 1.29 is 4.79 Å². The van der Waals surface area contributed by atoms with Crippen LogP contribution in [0.5, 0.6) is 0 Å². The summed E-state index contributed by atoms with van der Waals surface area (Å²) >= 11 is 5.93. The SMILES string of the molecule is O=C(Nc1ccc(Cl)cc1)N1CCC(CCc2nccc(-c3cn4c5c(cccc35)CCC4)n2)CC1. The number of likely N-dealkylation sites (tertiary alicyclic amines) is 1. The maximum absolute atomic E-state index is 12.6. The zero-order valence-electron chi connectivity index (χ0n) is 20.3. The second-order valence-corrected chi connectivity index (χ2v) is 10.4. The number of rotatable bonds is 5. The zero-order valence-corrected chi connectivity index (χ0v) is 21.0. The van der Waals surface area contributed by atoms with Crippen LogP contribution in [-0.2, 0) is 19.4 Å². The first-order valence-corrected chi connectivity index (χ1v) is 13.3. The van der Waals surface area contributed by atoms with Gasteiger partial charge >= 0.3 is 6.03 Å². The number of anilines is 1. The van der Waals surface area contributed by atoms with Crippen molar-refractivity contribution >= 4 is 34.2 Å². The van der Waals surface area contributed by atoms with Crippen LogP contribution in [0.1, 0.15) is 37.1 Å². The molecule has 1 fully saturated rings. The first-order chi connectivity index (χ1) is 17.6. The molecular formula is C29H30ClN5O. The third kappa shape index (κ3) is 4.70. The normalized spacial score (nSPS) is 15.9. The summed E-state index contributed by atoms with van der Waals surface area (Å²) in [6.07, 6.45) is 10.4. The van der Waals surface area contributed by atoms with Gasteiger partial charge in [-0.25, -0.2) is 14.8 Å². The number of nitrogens with one attached hydrogen (secondary N) is 1. The third-order valence-corrected chi connectivity index (χ3v) is 7.83. The van der Waals surface area contributed by atoms with Crippen molar-refractivity contribution in [2.45, 2.75) is 45.1 Å². The van der Waals surface area contributed by atoms with Gasteiger partial charge in [-0.15, -0.1) is 0 Å². The van der Waals surface area contributed by atoms with Gasteiger partial charge in [0.05, 0.1) is 11.2 Å². The number of nitrogens with zero attached hydrogens (tertiary/aromatic N) is 4. The Hall–Kier alpha value is -3.38. The largest absolute Gasteiger partial charge is 0.347 e. The minimum Gasteiger partial charge on any atom is -0.347 e. The number of piperidine rings is 1. The molecule has 2 aliphatic rings. The molecule has 6 rings (SSSR count). The summed E-state index contributed by atoms with van der Waals surface area (Å²) in [7, 11) is 0. The number of aryl methyl sites for hydroxylation is 3. The van der Waals surface area contributed by atoms with E-state index in [-0.39, 0.29) is 6.03 Å². The fraction of sp³-hybridized carbons (Fsp3) is 0.345. The van der Waals surface area contributed by atoms with Crippen LogP contribution in [0.3, 0.4) is 0 Å². The fourth-order valence-corrected chi connectivity index (χ4v) is 5.75. The van der Waals surface area contributed by atoms with E-state index in [2.05, 4.69) is 39.3 Å². The molecule has 2 aliphatic heterocycles. The maximum Gasteiger partial charge on any atom is 0.321 e. The summed E-state index contributed by atoms with van der Waals surface area (Å²) < 4.78 is 2.39. The second-order valence-electron chi connectivity index (χ2n) is 9.92. The molecule has 0 atom stereocenters. The lowest BCUT2D eigenvalue weighted by Crippen LogP contribution is -2.41. The first kappa shape index (κ1) is 23.0. The molecule has 4 aromatic rings. The van der Waals surface area contributed by atoms with Gasteiger partial charge in [-0.2, -0.15) is 0 Å². The number of aromatic nitrogens is 3. The van der Waals surface area contributed by atoms with Crippen molar-refractivity contribution in [3.05, 3.63) is 77.3 Å². The summed E-state index contributed by atoms with van der Waals surface area (Å²) in [6.45, 7) is 2.61. The van der Waals surface area contributed by atoms with Crippen LogP contribution in [0.15, 0.2) is 60.9 Å². The Kier molecular flexibility index (Phi) is 6.36. The average molecular weight is 500 g/mol. The summed E-state index contributed by atoms with van der Waals surface area (Å²) in [5, 5.41) is 4.92. The lowest BCUT2D eigenvalue weighted by Gasteiger charge is -2.32. The van der Waals surface area contributed by atoms with Crippen molar-refractivity contribution in [1.29, 1.82) is 0 Å². The summed E-state index contributed by atoms with van der Waals surface area (Å²) in [4.78, 5) is 24.1. The molecule has 0 radical (unpaired) electrons. The number of para-hydroxylation sites is 1. The Balaban J connectivity index is 1.06. The summed E-state index contributed by atoms with van der Waals surface area (Å²) in [6, 6.07) is 15.8. The molecular weight excluding hydrogens is 470 g/mol. The molecule has 2 aromatic heterocycles. The Morgan fingerprint density at radius 1 is 1.06 bits per heavy atom. The number of urea groups is 1. The topological polar surface area (TPSA) is 63.1 Å². The van der Waals surface area contributed by atoms with E-state index in [0.29, 0.717) is 10.9 Å². The molecule has 1 saturated heterocycles. The molecule has 1 N–H and O–H groups in total. The van der Waals surface area contributed by atoms with E-state index < -0.39 is 0 Å². The van der Waals surface area contributed by atoms with E-state index in [4.69, 9.17) is 16.6 Å². The summed E-state index contributed by atoms with van der Waals surface area (Å²) in [5.41, 5.74) is 5.79. The molecule has 6 nitrogen and oxygen atoms in total. The van der Waals surface area contributed by atoms with Gasteiger partial charge < -0.3 is 14.8 Å². The minimum absolute atomic E-state index is 0.0434. The molecule has 0 saturated carbocycles. The lowest BCUT2D eigenvalue weighted by molar-refractivity contribution is 0.180. The highest BCUT2D eigenvalue weighted by atomic mass is 35.5. The van der Waals surface area contributed by atoms with Crippen LogP contribution in [0.2, 0.25) is 5.02 Å². The Morgan fingerprint density at radius 2 is 1.89 bits per heavy atom. The van der Waals surface area contributed by atoms with Crippen LogP contribution in [0.4, 0.5) is 10.5 Å². The minimum atomic E-state index is -0.0434. The van der Waals surface area contributed by atoms with Gasteiger partial charge in [0, 0.05) is 60.1 Å². The smallest absolute Gasteiger partial charge is 0.321 e. The Labute approximate surface area is 216 Å². The number of carbonyl (C=O) groups excluding carboxylic acids is 1. The fourth-order valence-electron chi connectivity index (χ4n) is 5.62. The second kappa shape index (κ2) is 9.94. The molecule has 0 spiro atoms. The molecule has 4 heterocycles. The zero-order chi connectivity index (χ0) is 24.5. The van der Waals surface area contributed by atoms with Crippen molar-refractivity contribution in [2.75, 3.05) is 18.4 Å². The third-order valence-electron chi connectivity index (χ3n) is 7.58. The number of benzene rings is 2. The standard InChI is InChI=1S/C29H30ClN5O/c30-22-7-9-23(10-8-22)32-29(36)34-17-13-20(14-18-34)6-11-27-31-15-12-26(33-27)25-19-35-16-2-4-21-3-1-5-24(25)28(21)35/h1,3,5,7-10,12,15,19-20H,2,4,6,11,13-14,16-18H2,(H,32,36). The quantitative estimate of drug-likeness (QED) is 0.337. The predicted molar refractivity (Wildman–Crippen MR) is 144 cm³/mol. The number of hydrogen-bond acceptors (Lipinski definition) is 3. The molecule has 7 heteroatoms. The van der Waals surface area contributed by atoms with Crippen LogP contribution < -0.4 is 5.32 Å². The van der Waals surface area contributed by atoms with Crippen LogP contribution in [-0.4, -0.2) is 38.6 Å². The van der Waals surface area contributed by atoms with Crippen LogP contribution in [0.25, 0.3) is 22.2 Å². The van der Waals surface area contributed by atoms with Crippen molar-refractivity contribution in [1.82, 2.24) is 19.4 Å². The highest BCUT2D eigenvalue weighted by Gasteiger charge is 2.23. The summed E-state index contributed by atoms with van der Waals surface area (Å²) in [5.74, 6) is 1.48. The van der Waals surface area contributed by atoms with E-state index >= 15 is 0 Å². The lowest BCUT2D eigenvalue weighted by atomic mass is 9.92. The maximum atomic E-state index is 12.6. The van der Waals surface area contributed by atoms with Crippen molar-refractivity contribution in [3.63, 3.8) is 0 Å². The predicted octanol–water partition coefficient (Wildman–Crippen LogP) is 6.57. The van der Waals surface area contributed by atoms with Crippen molar-refractivity contribution in [3.8, 4) is 11.3 Å². The molecule has 184 valence electrons. The Bertz CT molecular complexity index is 1390. The van der Waals surface area contributed by atoms with E-state index in [1.165, 1.54) is 28.5 Å². The van der Waals surface area contributed by atoms with Crippen molar-refractivity contribution in [2.24, 2.45) is 5.92 Å². The van der Waals surface area contributed by atoms with Gasteiger partial charge in [0.1, 0.15) is 5.82 Å². The number of carbonyl (C=O) groups is 1. The van der Waals surface area contributed by atoms with E-state index in [1.807, 2.05) is 29.3 Å². The molecule has 0 unspecified atom stereocenters. The van der Waals surface area contributed by atoms with E-state index in [1.54, 1.807) is 12.1 Å². The number of halogens is 1. The monoisotopic (exact) mass is 499 g/mol. The highest BCUT2D eigenvalue weighted by molar-refractivity contribution is 6.30. The van der Waals surface area contributed by atoms with Gasteiger partial charge in [-0.05, 0) is 73.9 Å². The van der Waals surface area contributed by atoms with Crippen LogP contribution in [0, 0.1) is 5.92 Å². The van der Waals surface area contributed by atoms with Crippen LogP contribution >= 0.6 is 11.6 Å². The van der Waals surface area contributed by atoms with E-state index in [9.17, 15) is 4.79 Å².